The van der Waals surface area contributed by atoms with Crippen LogP contribution in [0.4, 0.5) is 4.79 Å². The number of aryl methyl sites for hydroxylation is 1. The summed E-state index contributed by atoms with van der Waals surface area (Å²) in [4.78, 5) is 31.4. The average molecular weight is 402 g/mol. The van der Waals surface area contributed by atoms with Crippen molar-refractivity contribution in [1.29, 1.82) is 0 Å². The van der Waals surface area contributed by atoms with E-state index in [1.165, 1.54) is 0 Å². The predicted molar refractivity (Wildman–Crippen MR) is 114 cm³/mol. The standard InChI is InChI=1S/C23H35N3O3/c1-18-7-5-8-20(15-18)21(27)25-11-6-10-24(13-14-25)16-19-9-12-26(17-19)22(28)29-23(2,3)4/h5,7-8,15,19H,6,9-14,16-17H2,1-4H3/t19-/m1/s1. The highest BCUT2D eigenvalue weighted by Crippen LogP contribution is 2.21. The van der Waals surface area contributed by atoms with Crippen molar-refractivity contribution in [2.45, 2.75) is 46.1 Å². The fourth-order valence-corrected chi connectivity index (χ4v) is 4.16. The van der Waals surface area contributed by atoms with Crippen LogP contribution in [-0.4, -0.2) is 78.1 Å². The van der Waals surface area contributed by atoms with Crippen molar-refractivity contribution in [1.82, 2.24) is 14.7 Å². The van der Waals surface area contributed by atoms with Crippen LogP contribution in [-0.2, 0) is 4.74 Å². The number of rotatable bonds is 3. The number of nitrogens with zero attached hydrogens (tertiary/aromatic N) is 3. The maximum Gasteiger partial charge on any atom is 0.410 e. The van der Waals surface area contributed by atoms with Gasteiger partial charge in [-0.25, -0.2) is 4.79 Å². The first kappa shape index (κ1) is 21.6. The molecule has 6 nitrogen and oxygen atoms in total. The molecule has 1 atom stereocenters. The molecular formula is C23H35N3O3. The third-order valence-corrected chi connectivity index (χ3v) is 5.59. The molecule has 0 saturated carbocycles. The monoisotopic (exact) mass is 401 g/mol. The molecule has 2 fully saturated rings. The summed E-state index contributed by atoms with van der Waals surface area (Å²) < 4.78 is 5.50. The van der Waals surface area contributed by atoms with Crippen molar-refractivity contribution < 1.29 is 14.3 Å². The van der Waals surface area contributed by atoms with Crippen molar-refractivity contribution in [2.24, 2.45) is 5.92 Å². The third kappa shape index (κ3) is 6.20. The van der Waals surface area contributed by atoms with Crippen LogP contribution < -0.4 is 0 Å². The van der Waals surface area contributed by atoms with Crippen LogP contribution in [0.15, 0.2) is 24.3 Å². The normalized spacial score (nSPS) is 21.2. The molecule has 0 aromatic heterocycles. The molecule has 0 bridgehead atoms. The first-order valence-electron chi connectivity index (χ1n) is 10.8. The minimum Gasteiger partial charge on any atom is -0.444 e. The van der Waals surface area contributed by atoms with Gasteiger partial charge in [-0.2, -0.15) is 0 Å². The smallest absolute Gasteiger partial charge is 0.410 e. The minimum atomic E-state index is -0.451. The van der Waals surface area contributed by atoms with Crippen molar-refractivity contribution in [3.8, 4) is 0 Å². The lowest BCUT2D eigenvalue weighted by atomic mass is 10.1. The molecule has 29 heavy (non-hydrogen) atoms. The second kappa shape index (κ2) is 9.16. The highest BCUT2D eigenvalue weighted by molar-refractivity contribution is 5.94. The van der Waals surface area contributed by atoms with Gasteiger partial charge in [-0.05, 0) is 65.1 Å². The SMILES string of the molecule is Cc1cccc(C(=O)N2CCCN(C[C@H]3CCN(C(=O)OC(C)(C)C)C3)CC2)c1. The Hall–Kier alpha value is -2.08. The van der Waals surface area contributed by atoms with E-state index in [9.17, 15) is 9.59 Å². The van der Waals surface area contributed by atoms with Crippen molar-refractivity contribution in [3.05, 3.63) is 35.4 Å². The number of hydrogen-bond donors (Lipinski definition) is 0. The van der Waals surface area contributed by atoms with Crippen LogP contribution in [0.3, 0.4) is 0 Å². The van der Waals surface area contributed by atoms with Gasteiger partial charge in [-0.1, -0.05) is 17.7 Å². The Labute approximate surface area is 174 Å². The molecule has 0 spiro atoms. The summed E-state index contributed by atoms with van der Waals surface area (Å²) in [5.41, 5.74) is 1.44. The maximum absolute atomic E-state index is 12.8. The number of ether oxygens (including phenoxy) is 1. The summed E-state index contributed by atoms with van der Waals surface area (Å²) in [7, 11) is 0. The minimum absolute atomic E-state index is 0.132. The van der Waals surface area contributed by atoms with Gasteiger partial charge in [0.1, 0.15) is 5.60 Å². The number of hydrogen-bond acceptors (Lipinski definition) is 4. The molecule has 2 aliphatic rings. The number of benzene rings is 1. The summed E-state index contributed by atoms with van der Waals surface area (Å²) in [5.74, 6) is 0.606. The van der Waals surface area contributed by atoms with Gasteiger partial charge in [0.05, 0.1) is 0 Å². The lowest BCUT2D eigenvalue weighted by molar-refractivity contribution is 0.0285. The molecule has 0 unspecified atom stereocenters. The Bertz CT molecular complexity index is 728. The third-order valence-electron chi connectivity index (χ3n) is 5.59. The zero-order chi connectivity index (χ0) is 21.0. The van der Waals surface area contributed by atoms with Crippen LogP contribution in [0.2, 0.25) is 0 Å². The van der Waals surface area contributed by atoms with Crippen molar-refractivity contribution >= 4 is 12.0 Å². The summed E-state index contributed by atoms with van der Waals surface area (Å²) in [5, 5.41) is 0. The molecule has 6 heteroatoms. The Morgan fingerprint density at radius 3 is 2.59 bits per heavy atom. The van der Waals surface area contributed by atoms with E-state index in [-0.39, 0.29) is 12.0 Å². The Kier molecular flexibility index (Phi) is 6.83. The van der Waals surface area contributed by atoms with Crippen LogP contribution in [0, 0.1) is 12.8 Å². The summed E-state index contributed by atoms with van der Waals surface area (Å²) in [6.45, 7) is 13.7. The van der Waals surface area contributed by atoms with Gasteiger partial charge in [0.25, 0.3) is 5.91 Å². The highest BCUT2D eigenvalue weighted by atomic mass is 16.6. The molecule has 2 saturated heterocycles. The van der Waals surface area contributed by atoms with Gasteiger partial charge in [0.2, 0.25) is 0 Å². The molecule has 3 rings (SSSR count). The Balaban J connectivity index is 1.48. The lowest BCUT2D eigenvalue weighted by Gasteiger charge is -2.26. The van der Waals surface area contributed by atoms with E-state index >= 15 is 0 Å². The summed E-state index contributed by atoms with van der Waals surface area (Å²) >= 11 is 0. The quantitative estimate of drug-likeness (QED) is 0.779. The van der Waals surface area contributed by atoms with E-state index in [2.05, 4.69) is 4.90 Å². The Morgan fingerprint density at radius 2 is 1.86 bits per heavy atom. The first-order chi connectivity index (χ1) is 13.7. The molecule has 2 heterocycles. The van der Waals surface area contributed by atoms with Gasteiger partial charge in [-0.3, -0.25) is 4.79 Å². The molecular weight excluding hydrogens is 366 g/mol. The van der Waals surface area contributed by atoms with Gasteiger partial charge in [-0.15, -0.1) is 0 Å². The molecule has 160 valence electrons. The van der Waals surface area contributed by atoms with Crippen LogP contribution in [0.5, 0.6) is 0 Å². The van der Waals surface area contributed by atoms with Gasteiger partial charge < -0.3 is 19.4 Å². The lowest BCUT2D eigenvalue weighted by Crippen LogP contribution is -2.38. The van der Waals surface area contributed by atoms with Crippen LogP contribution >= 0.6 is 0 Å². The molecule has 2 aliphatic heterocycles. The molecule has 0 N–H and O–H groups in total. The van der Waals surface area contributed by atoms with Gasteiger partial charge >= 0.3 is 6.09 Å². The first-order valence-corrected chi connectivity index (χ1v) is 10.8. The Morgan fingerprint density at radius 1 is 1.07 bits per heavy atom. The van der Waals surface area contributed by atoms with Crippen LogP contribution in [0.1, 0.15) is 49.5 Å². The van der Waals surface area contributed by atoms with E-state index in [1.54, 1.807) is 0 Å². The number of amides is 2. The highest BCUT2D eigenvalue weighted by Gasteiger charge is 2.31. The molecule has 1 aromatic carbocycles. The van der Waals surface area contributed by atoms with E-state index < -0.39 is 5.60 Å². The van der Waals surface area contributed by atoms with Crippen molar-refractivity contribution in [3.63, 3.8) is 0 Å². The van der Waals surface area contributed by atoms with E-state index in [1.807, 2.05) is 61.8 Å². The number of carbonyl (C=O) groups is 2. The summed E-state index contributed by atoms with van der Waals surface area (Å²) in [6.07, 6.45) is 1.80. The zero-order valence-electron chi connectivity index (χ0n) is 18.3. The molecule has 0 aliphatic carbocycles. The molecule has 1 aromatic rings. The average Bonchev–Trinajstić information content (AvgIpc) is 2.98. The number of likely N-dealkylation sites (tertiary alicyclic amines) is 1. The zero-order valence-corrected chi connectivity index (χ0v) is 18.3. The predicted octanol–water partition coefficient (Wildman–Crippen LogP) is 3.40. The van der Waals surface area contributed by atoms with Gasteiger partial charge in [0, 0.05) is 44.8 Å². The van der Waals surface area contributed by atoms with E-state index in [0.29, 0.717) is 5.92 Å². The fraction of sp³-hybridized carbons (Fsp3) is 0.652. The van der Waals surface area contributed by atoms with E-state index in [0.717, 1.165) is 69.8 Å². The van der Waals surface area contributed by atoms with Crippen LogP contribution in [0.25, 0.3) is 0 Å². The van der Waals surface area contributed by atoms with E-state index in [4.69, 9.17) is 4.74 Å². The fourth-order valence-electron chi connectivity index (χ4n) is 4.16. The number of carbonyl (C=O) groups excluding carboxylic acids is 2. The summed E-state index contributed by atoms with van der Waals surface area (Å²) in [6, 6.07) is 7.84. The second-order valence-corrected chi connectivity index (χ2v) is 9.40. The van der Waals surface area contributed by atoms with Crippen molar-refractivity contribution in [2.75, 3.05) is 45.8 Å². The second-order valence-electron chi connectivity index (χ2n) is 9.40. The largest absolute Gasteiger partial charge is 0.444 e. The topological polar surface area (TPSA) is 53.1 Å². The maximum atomic E-state index is 12.8. The van der Waals surface area contributed by atoms with Gasteiger partial charge in [0.15, 0.2) is 0 Å². The molecule has 0 radical (unpaired) electrons. The molecule has 2 amide bonds.